The van der Waals surface area contributed by atoms with E-state index < -0.39 is 0 Å². The lowest BCUT2D eigenvalue weighted by Crippen LogP contribution is -2.53. The largest absolute Gasteiger partial charge is 0.394 e. The molecule has 1 fully saturated rings. The second-order valence-electron chi connectivity index (χ2n) is 6.63. The maximum Gasteiger partial charge on any atom is 0.194 e. The van der Waals surface area contributed by atoms with Crippen molar-refractivity contribution in [2.45, 2.75) is 51.1 Å². The molecule has 0 aromatic heterocycles. The van der Waals surface area contributed by atoms with Gasteiger partial charge in [0.1, 0.15) is 0 Å². The van der Waals surface area contributed by atoms with Gasteiger partial charge in [-0.15, -0.1) is 24.0 Å². The number of rotatable bonds is 3. The van der Waals surface area contributed by atoms with E-state index in [1.807, 2.05) is 0 Å². The highest BCUT2D eigenvalue weighted by Gasteiger charge is 2.34. The summed E-state index contributed by atoms with van der Waals surface area (Å²) in [6, 6.07) is 0.744. The SMILES string of the molecule is CC1CCC2CN=C(NC(CO)C3CC=CCC3)N2C1.I. The van der Waals surface area contributed by atoms with Gasteiger partial charge in [0, 0.05) is 6.54 Å². The first-order valence-corrected chi connectivity index (χ1v) is 8.11. The number of halogens is 1. The van der Waals surface area contributed by atoms with Crippen molar-refractivity contribution in [1.82, 2.24) is 10.2 Å². The van der Waals surface area contributed by atoms with Crippen molar-refractivity contribution < 1.29 is 5.11 Å². The van der Waals surface area contributed by atoms with Gasteiger partial charge in [0.15, 0.2) is 5.96 Å². The molecule has 1 aliphatic carbocycles. The van der Waals surface area contributed by atoms with Gasteiger partial charge in [0.05, 0.1) is 25.2 Å². The van der Waals surface area contributed by atoms with Crippen LogP contribution in [0, 0.1) is 11.8 Å². The van der Waals surface area contributed by atoms with Gasteiger partial charge in [-0.2, -0.15) is 0 Å². The number of hydrogen-bond donors (Lipinski definition) is 2. The number of aliphatic hydroxyl groups excluding tert-OH is 1. The lowest BCUT2D eigenvalue weighted by molar-refractivity contribution is 0.185. The van der Waals surface area contributed by atoms with Gasteiger partial charge in [0.25, 0.3) is 0 Å². The van der Waals surface area contributed by atoms with Crippen molar-refractivity contribution >= 4 is 29.9 Å². The van der Waals surface area contributed by atoms with Crippen LogP contribution in [0.1, 0.15) is 39.0 Å². The first kappa shape index (κ1) is 17.1. The third-order valence-corrected chi connectivity index (χ3v) is 5.06. The highest BCUT2D eigenvalue weighted by atomic mass is 127. The molecule has 0 bridgehead atoms. The molecule has 0 radical (unpaired) electrons. The van der Waals surface area contributed by atoms with E-state index >= 15 is 0 Å². The van der Waals surface area contributed by atoms with Gasteiger partial charge < -0.3 is 15.3 Å². The van der Waals surface area contributed by atoms with Crippen LogP contribution in [-0.4, -0.2) is 47.7 Å². The van der Waals surface area contributed by atoms with Crippen LogP contribution in [0.4, 0.5) is 0 Å². The molecule has 2 N–H and O–H groups in total. The van der Waals surface area contributed by atoms with Crippen LogP contribution in [0.25, 0.3) is 0 Å². The molecule has 3 rings (SSSR count). The van der Waals surface area contributed by atoms with Gasteiger partial charge in [0.2, 0.25) is 0 Å². The number of allylic oxidation sites excluding steroid dienone is 2. The van der Waals surface area contributed by atoms with E-state index in [1.165, 1.54) is 19.3 Å². The highest BCUT2D eigenvalue weighted by molar-refractivity contribution is 14.0. The maximum atomic E-state index is 9.73. The topological polar surface area (TPSA) is 47.9 Å². The molecule has 0 aromatic rings. The van der Waals surface area contributed by atoms with E-state index in [0.717, 1.165) is 37.8 Å². The van der Waals surface area contributed by atoms with E-state index in [1.54, 1.807) is 0 Å². The Labute approximate surface area is 145 Å². The summed E-state index contributed by atoms with van der Waals surface area (Å²) in [6.07, 6.45) is 10.5. The molecule has 2 heterocycles. The van der Waals surface area contributed by atoms with Crippen molar-refractivity contribution in [1.29, 1.82) is 0 Å². The number of nitrogens with one attached hydrogen (secondary N) is 1. The molecule has 120 valence electrons. The van der Waals surface area contributed by atoms with Crippen molar-refractivity contribution in [2.75, 3.05) is 19.7 Å². The van der Waals surface area contributed by atoms with Crippen LogP contribution in [-0.2, 0) is 0 Å². The van der Waals surface area contributed by atoms with E-state index in [0.29, 0.717) is 12.0 Å². The molecule has 3 aliphatic rings. The number of aliphatic hydroxyl groups is 1. The number of guanidine groups is 1. The molecule has 0 spiro atoms. The van der Waals surface area contributed by atoms with Crippen LogP contribution >= 0.6 is 24.0 Å². The van der Waals surface area contributed by atoms with E-state index in [4.69, 9.17) is 4.99 Å². The van der Waals surface area contributed by atoms with Gasteiger partial charge in [-0.05, 0) is 43.9 Å². The monoisotopic (exact) mass is 405 g/mol. The zero-order valence-corrected chi connectivity index (χ0v) is 15.2. The minimum absolute atomic E-state index is 0. The Morgan fingerprint density at radius 2 is 2.24 bits per heavy atom. The summed E-state index contributed by atoms with van der Waals surface area (Å²) in [5.74, 6) is 2.32. The minimum atomic E-state index is 0. The molecular formula is C16H28IN3O. The lowest BCUT2D eigenvalue weighted by Gasteiger charge is -2.37. The number of aliphatic imine (C=N–C) groups is 1. The Bertz CT molecular complexity index is 399. The fourth-order valence-corrected chi connectivity index (χ4v) is 3.73. The van der Waals surface area contributed by atoms with Crippen LogP contribution in [0.2, 0.25) is 0 Å². The van der Waals surface area contributed by atoms with Crippen LogP contribution in [0.5, 0.6) is 0 Å². The van der Waals surface area contributed by atoms with E-state index in [9.17, 15) is 5.11 Å². The molecule has 4 atom stereocenters. The number of hydrogen-bond acceptors (Lipinski definition) is 4. The number of fused-ring (bicyclic) bond motifs is 1. The van der Waals surface area contributed by atoms with Crippen molar-refractivity contribution in [3.8, 4) is 0 Å². The van der Waals surface area contributed by atoms with Crippen molar-refractivity contribution in [3.05, 3.63) is 12.2 Å². The number of piperidine rings is 1. The quantitative estimate of drug-likeness (QED) is 0.560. The van der Waals surface area contributed by atoms with Gasteiger partial charge >= 0.3 is 0 Å². The zero-order valence-electron chi connectivity index (χ0n) is 12.9. The second kappa shape index (κ2) is 7.81. The Hall–Kier alpha value is -0.300. The van der Waals surface area contributed by atoms with Crippen LogP contribution < -0.4 is 5.32 Å². The maximum absolute atomic E-state index is 9.73. The van der Waals surface area contributed by atoms with Gasteiger partial charge in [-0.3, -0.25) is 4.99 Å². The first-order chi connectivity index (χ1) is 9.78. The third-order valence-electron chi connectivity index (χ3n) is 5.06. The fourth-order valence-electron chi connectivity index (χ4n) is 3.73. The molecule has 4 nitrogen and oxygen atoms in total. The van der Waals surface area contributed by atoms with E-state index in [-0.39, 0.29) is 36.6 Å². The fraction of sp³-hybridized carbons (Fsp3) is 0.812. The average Bonchev–Trinajstić information content (AvgIpc) is 2.88. The summed E-state index contributed by atoms with van der Waals surface area (Å²) in [7, 11) is 0. The van der Waals surface area contributed by atoms with Crippen LogP contribution in [0.15, 0.2) is 17.1 Å². The van der Waals surface area contributed by atoms with Gasteiger partial charge in [-0.25, -0.2) is 0 Å². The van der Waals surface area contributed by atoms with E-state index in [2.05, 4.69) is 29.3 Å². The third kappa shape index (κ3) is 3.92. The minimum Gasteiger partial charge on any atom is -0.394 e. The molecule has 1 saturated heterocycles. The Kier molecular flexibility index (Phi) is 6.34. The zero-order chi connectivity index (χ0) is 13.9. The number of nitrogens with zero attached hydrogens (tertiary/aromatic N) is 2. The summed E-state index contributed by atoms with van der Waals surface area (Å²) in [5, 5.41) is 13.3. The normalized spacial score (nSPS) is 33.0. The highest BCUT2D eigenvalue weighted by Crippen LogP contribution is 2.27. The summed E-state index contributed by atoms with van der Waals surface area (Å²) < 4.78 is 0. The predicted molar refractivity (Wildman–Crippen MR) is 97.1 cm³/mol. The second-order valence-corrected chi connectivity index (χ2v) is 6.63. The molecule has 4 unspecified atom stereocenters. The molecule has 0 saturated carbocycles. The van der Waals surface area contributed by atoms with Gasteiger partial charge in [-0.1, -0.05) is 19.1 Å². The summed E-state index contributed by atoms with van der Waals surface area (Å²) in [4.78, 5) is 7.14. The summed E-state index contributed by atoms with van der Waals surface area (Å²) in [5.41, 5.74) is 0. The molecule has 2 aliphatic heterocycles. The van der Waals surface area contributed by atoms with Crippen molar-refractivity contribution in [2.24, 2.45) is 16.8 Å². The molecule has 21 heavy (non-hydrogen) atoms. The average molecular weight is 405 g/mol. The van der Waals surface area contributed by atoms with Crippen LogP contribution in [0.3, 0.4) is 0 Å². The Morgan fingerprint density at radius 3 is 2.95 bits per heavy atom. The van der Waals surface area contributed by atoms with Crippen molar-refractivity contribution in [3.63, 3.8) is 0 Å². The smallest absolute Gasteiger partial charge is 0.194 e. The molecular weight excluding hydrogens is 377 g/mol. The Morgan fingerprint density at radius 1 is 1.38 bits per heavy atom. The standard InChI is InChI=1S/C16H27N3O.HI/c1-12-7-8-14-9-17-16(19(14)10-12)18-15(11-20)13-5-3-2-4-6-13;/h2-3,12-15,20H,4-11H2,1H3,(H,17,18);1H. The lowest BCUT2D eigenvalue weighted by atomic mass is 9.88. The summed E-state index contributed by atoms with van der Waals surface area (Å²) >= 11 is 0. The molecule has 0 aromatic carbocycles. The Balaban J connectivity index is 0.00000161. The molecule has 5 heteroatoms. The summed E-state index contributed by atoms with van der Waals surface area (Å²) in [6.45, 7) is 4.56. The molecule has 0 amide bonds. The predicted octanol–water partition coefficient (Wildman–Crippen LogP) is 2.38. The first-order valence-electron chi connectivity index (χ1n) is 8.11.